The number of carbonyl (C=O) groups is 4. The first-order chi connectivity index (χ1) is 16.7. The number of guanidine groups is 1. The number of unbranched alkanes of at least 4 members (excludes halogenated alkanes) is 1. The first-order valence-corrected chi connectivity index (χ1v) is 11.4. The third-order valence-corrected chi connectivity index (χ3v) is 5.66. The Balaban J connectivity index is 1.35. The molecule has 0 radical (unpaired) electrons. The summed E-state index contributed by atoms with van der Waals surface area (Å²) < 4.78 is 0. The Hall–Kier alpha value is -4.16. The third kappa shape index (κ3) is 7.42. The van der Waals surface area contributed by atoms with Crippen LogP contribution in [0.3, 0.4) is 0 Å². The number of hydrogen-bond donors (Lipinski definition) is 7. The van der Waals surface area contributed by atoms with Crippen LogP contribution >= 0.6 is 0 Å². The summed E-state index contributed by atoms with van der Waals surface area (Å²) in [5, 5.41) is 18.2. The molecule has 3 rings (SSSR count). The molecule has 2 atom stereocenters. The maximum absolute atomic E-state index is 12.4. The number of nitrogens with one attached hydrogen (secondary N) is 5. The first kappa shape index (κ1) is 25.5. The Morgan fingerprint density at radius 2 is 1.89 bits per heavy atom. The fraction of sp³-hybridized carbons (Fsp3) is 0.455. The van der Waals surface area contributed by atoms with E-state index in [0.29, 0.717) is 56.1 Å². The fourth-order valence-electron chi connectivity index (χ4n) is 3.77. The summed E-state index contributed by atoms with van der Waals surface area (Å²) in [7, 11) is 0. The van der Waals surface area contributed by atoms with Crippen molar-refractivity contribution in [2.24, 2.45) is 16.5 Å². The summed E-state index contributed by atoms with van der Waals surface area (Å²) in [5.74, 6) is -1.15. The van der Waals surface area contributed by atoms with Crippen molar-refractivity contribution in [3.8, 4) is 0 Å². The van der Waals surface area contributed by atoms with E-state index in [9.17, 15) is 19.2 Å². The normalized spacial score (nSPS) is 19.4. The second-order valence-electron chi connectivity index (χ2n) is 8.38. The van der Waals surface area contributed by atoms with Crippen LogP contribution in [0, 0.1) is 5.41 Å². The van der Waals surface area contributed by atoms with Gasteiger partial charge in [-0.2, -0.15) is 0 Å². The molecule has 1 fully saturated rings. The zero-order chi connectivity index (χ0) is 25.4. The number of amides is 4. The van der Waals surface area contributed by atoms with Crippen molar-refractivity contribution < 1.29 is 19.2 Å². The minimum absolute atomic E-state index is 0.129. The average molecular weight is 486 g/mol. The molecule has 9 N–H and O–H groups in total. The van der Waals surface area contributed by atoms with E-state index in [4.69, 9.17) is 16.9 Å². The van der Waals surface area contributed by atoms with Crippen molar-refractivity contribution in [1.29, 1.82) is 5.41 Å². The Bertz CT molecular complexity index is 1030. The highest BCUT2D eigenvalue weighted by Crippen LogP contribution is 2.12. The zero-order valence-electron chi connectivity index (χ0n) is 19.3. The lowest BCUT2D eigenvalue weighted by Gasteiger charge is -2.29. The van der Waals surface area contributed by atoms with Crippen LogP contribution < -0.4 is 32.7 Å². The minimum Gasteiger partial charge on any atom is -0.384 e. The second-order valence-corrected chi connectivity index (χ2v) is 8.38. The third-order valence-electron chi connectivity index (χ3n) is 5.66. The molecule has 1 aromatic rings. The smallest absolute Gasteiger partial charge is 0.243 e. The SMILES string of the molecule is N=C(N)c1cccc(NC(=O)C[C@@H]2NC(=O)[C@H](CCCCNC(=O)CN3CCN=C3N)NC2=O)c1. The number of nitrogens with two attached hydrogens (primary N) is 2. The van der Waals surface area contributed by atoms with Gasteiger partial charge in [-0.25, -0.2) is 0 Å². The van der Waals surface area contributed by atoms with Gasteiger partial charge in [-0.3, -0.25) is 29.6 Å². The molecule has 0 aromatic heterocycles. The largest absolute Gasteiger partial charge is 0.384 e. The molecular formula is C22H31N9O4. The number of nitrogens with zero attached hydrogens (tertiary/aromatic N) is 2. The Morgan fingerprint density at radius 1 is 1.14 bits per heavy atom. The van der Waals surface area contributed by atoms with E-state index < -0.39 is 23.9 Å². The number of rotatable bonds is 11. The molecule has 1 saturated heterocycles. The lowest BCUT2D eigenvalue weighted by Crippen LogP contribution is -2.62. The van der Waals surface area contributed by atoms with Crippen molar-refractivity contribution >= 4 is 41.1 Å². The molecule has 0 saturated carbocycles. The topological polar surface area (TPSA) is 208 Å². The molecule has 35 heavy (non-hydrogen) atoms. The number of carbonyl (C=O) groups excluding carboxylic acids is 4. The van der Waals surface area contributed by atoms with Crippen LogP contribution in [0.1, 0.15) is 31.2 Å². The van der Waals surface area contributed by atoms with Crippen molar-refractivity contribution in [1.82, 2.24) is 20.9 Å². The maximum atomic E-state index is 12.4. The highest BCUT2D eigenvalue weighted by atomic mass is 16.2. The first-order valence-electron chi connectivity index (χ1n) is 11.4. The van der Waals surface area contributed by atoms with Gasteiger partial charge in [0.2, 0.25) is 23.6 Å². The zero-order valence-corrected chi connectivity index (χ0v) is 19.3. The molecule has 0 bridgehead atoms. The van der Waals surface area contributed by atoms with Gasteiger partial charge in [-0.05, 0) is 31.4 Å². The van der Waals surface area contributed by atoms with Crippen LogP contribution in [0.5, 0.6) is 0 Å². The van der Waals surface area contributed by atoms with Gasteiger partial charge in [0.25, 0.3) is 0 Å². The predicted octanol–water partition coefficient (Wildman–Crippen LogP) is -1.80. The molecule has 2 heterocycles. The molecular weight excluding hydrogens is 454 g/mol. The number of aliphatic imine (C=N–C) groups is 1. The number of hydrogen-bond acceptors (Lipinski definition) is 8. The molecule has 188 valence electrons. The van der Waals surface area contributed by atoms with E-state index in [1.165, 1.54) is 0 Å². The summed E-state index contributed by atoms with van der Waals surface area (Å²) >= 11 is 0. The lowest BCUT2D eigenvalue weighted by atomic mass is 10.0. The molecule has 2 aliphatic heterocycles. The highest BCUT2D eigenvalue weighted by Gasteiger charge is 2.34. The standard InChI is InChI=1S/C22H31N9O4/c23-19(24)13-4-3-5-14(10-13)28-17(32)11-16-21(35)29-15(20(34)30-16)6-1-2-7-26-18(33)12-31-9-8-27-22(31)25/h3-5,10,15-16H,1-2,6-9,11-12H2,(H3,23,24)(H2,25,27)(H,26,33)(H,28,32)(H,29,35)(H,30,34)/t15-,16-/m0/s1. The Kier molecular flexibility index (Phi) is 8.59. The van der Waals surface area contributed by atoms with Gasteiger partial charge in [0, 0.05) is 24.3 Å². The van der Waals surface area contributed by atoms with E-state index in [1.54, 1.807) is 29.2 Å². The monoisotopic (exact) mass is 485 g/mol. The molecule has 13 nitrogen and oxygen atoms in total. The number of nitrogen functional groups attached to an aromatic ring is 1. The van der Waals surface area contributed by atoms with Crippen molar-refractivity contribution in [2.45, 2.75) is 37.8 Å². The summed E-state index contributed by atoms with van der Waals surface area (Å²) in [6.45, 7) is 1.83. The highest BCUT2D eigenvalue weighted by molar-refractivity contribution is 6.02. The molecule has 0 aliphatic carbocycles. The molecule has 13 heteroatoms. The van der Waals surface area contributed by atoms with Gasteiger partial charge in [0.1, 0.15) is 17.9 Å². The van der Waals surface area contributed by atoms with E-state index in [0.717, 1.165) is 0 Å². The minimum atomic E-state index is -0.976. The van der Waals surface area contributed by atoms with Crippen molar-refractivity contribution in [2.75, 3.05) is 31.5 Å². The van der Waals surface area contributed by atoms with Gasteiger partial charge in [-0.1, -0.05) is 12.1 Å². The molecule has 1 aromatic carbocycles. The van der Waals surface area contributed by atoms with Crippen LogP contribution in [-0.4, -0.2) is 78.6 Å². The van der Waals surface area contributed by atoms with Crippen LogP contribution in [0.25, 0.3) is 0 Å². The Labute approximate surface area is 202 Å². The average Bonchev–Trinajstić information content (AvgIpc) is 3.20. The van der Waals surface area contributed by atoms with E-state index in [2.05, 4.69) is 26.3 Å². The molecule has 0 unspecified atom stereocenters. The van der Waals surface area contributed by atoms with Crippen LogP contribution in [0.4, 0.5) is 5.69 Å². The molecule has 4 amide bonds. The number of piperazine rings is 1. The van der Waals surface area contributed by atoms with Gasteiger partial charge in [0.05, 0.1) is 19.5 Å². The number of anilines is 1. The second kappa shape index (κ2) is 11.8. The maximum Gasteiger partial charge on any atom is 0.243 e. The van der Waals surface area contributed by atoms with Crippen LogP contribution in [-0.2, 0) is 19.2 Å². The van der Waals surface area contributed by atoms with E-state index in [1.807, 2.05) is 0 Å². The number of benzene rings is 1. The summed E-state index contributed by atoms with van der Waals surface area (Å²) in [6, 6.07) is 4.81. The van der Waals surface area contributed by atoms with Gasteiger partial charge in [-0.15, -0.1) is 0 Å². The van der Waals surface area contributed by atoms with E-state index >= 15 is 0 Å². The van der Waals surface area contributed by atoms with Gasteiger partial charge >= 0.3 is 0 Å². The van der Waals surface area contributed by atoms with Gasteiger partial charge < -0.3 is 37.6 Å². The lowest BCUT2D eigenvalue weighted by molar-refractivity contribution is -0.138. The Morgan fingerprint density at radius 3 is 2.60 bits per heavy atom. The van der Waals surface area contributed by atoms with Crippen LogP contribution in [0.2, 0.25) is 0 Å². The summed E-state index contributed by atoms with van der Waals surface area (Å²) in [5.41, 5.74) is 12.0. The van der Waals surface area contributed by atoms with Crippen molar-refractivity contribution in [3.05, 3.63) is 29.8 Å². The van der Waals surface area contributed by atoms with Crippen molar-refractivity contribution in [3.63, 3.8) is 0 Å². The molecule has 2 aliphatic rings. The summed E-state index contributed by atoms with van der Waals surface area (Å²) in [4.78, 5) is 54.9. The van der Waals surface area contributed by atoms with E-state index in [-0.39, 0.29) is 30.6 Å². The molecule has 0 spiro atoms. The number of amidine groups is 1. The van der Waals surface area contributed by atoms with Gasteiger partial charge in [0.15, 0.2) is 5.96 Å². The summed E-state index contributed by atoms with van der Waals surface area (Å²) in [6.07, 6.45) is 1.44. The quantitative estimate of drug-likeness (QED) is 0.109. The predicted molar refractivity (Wildman–Crippen MR) is 129 cm³/mol. The van der Waals surface area contributed by atoms with Crippen LogP contribution in [0.15, 0.2) is 29.3 Å². The fourth-order valence-corrected chi connectivity index (χ4v) is 3.77.